The lowest BCUT2D eigenvalue weighted by Gasteiger charge is -2.46. The van der Waals surface area contributed by atoms with Gasteiger partial charge in [-0.2, -0.15) is 0 Å². The Morgan fingerprint density at radius 1 is 1.19 bits per heavy atom. The van der Waals surface area contributed by atoms with E-state index in [9.17, 15) is 0 Å². The minimum absolute atomic E-state index is 0.268. The van der Waals surface area contributed by atoms with Gasteiger partial charge in [-0.05, 0) is 50.4 Å². The van der Waals surface area contributed by atoms with Gasteiger partial charge in [0.15, 0.2) is 0 Å². The molecule has 1 saturated carbocycles. The van der Waals surface area contributed by atoms with E-state index >= 15 is 0 Å². The maximum Gasteiger partial charge on any atom is 0.0141 e. The van der Waals surface area contributed by atoms with Crippen LogP contribution in [0.2, 0.25) is 0 Å². The quantitative estimate of drug-likeness (QED) is 0.716. The lowest BCUT2D eigenvalue weighted by Crippen LogP contribution is -2.56. The summed E-state index contributed by atoms with van der Waals surface area (Å²) in [6.45, 7) is 11.7. The topological polar surface area (TPSA) is 12.0 Å². The van der Waals surface area contributed by atoms with Crippen molar-refractivity contribution in [1.29, 1.82) is 0 Å². The van der Waals surface area contributed by atoms with Crippen LogP contribution in [0.15, 0.2) is 12.2 Å². The van der Waals surface area contributed by atoms with E-state index < -0.39 is 0 Å². The molecule has 0 heterocycles. The van der Waals surface area contributed by atoms with Gasteiger partial charge in [0.05, 0.1) is 0 Å². The Morgan fingerprint density at radius 3 is 2.44 bits per heavy atom. The number of fused-ring (bicyclic) bond motifs is 1. The number of hydrogen-bond acceptors (Lipinski definition) is 1. The Bertz CT molecular complexity index is 282. The van der Waals surface area contributed by atoms with E-state index in [-0.39, 0.29) is 5.54 Å². The van der Waals surface area contributed by atoms with Gasteiger partial charge in [-0.15, -0.1) is 0 Å². The van der Waals surface area contributed by atoms with Crippen LogP contribution < -0.4 is 5.32 Å². The molecule has 0 aromatic carbocycles. The summed E-state index contributed by atoms with van der Waals surface area (Å²) >= 11 is 0. The molecule has 0 aromatic rings. The first kappa shape index (κ1) is 12.2. The molecule has 3 atom stereocenters. The van der Waals surface area contributed by atoms with Crippen LogP contribution in [0.1, 0.15) is 53.9 Å². The highest BCUT2D eigenvalue weighted by Gasteiger charge is 2.43. The zero-order valence-corrected chi connectivity index (χ0v) is 11.5. The maximum absolute atomic E-state index is 3.87. The Balaban J connectivity index is 1.87. The van der Waals surface area contributed by atoms with Crippen molar-refractivity contribution in [3.05, 3.63) is 12.2 Å². The highest BCUT2D eigenvalue weighted by molar-refractivity contribution is 5.13. The fraction of sp³-hybridized carbons (Fsp3) is 0.867. The number of hydrogen-bond donors (Lipinski definition) is 1. The molecule has 0 bridgehead atoms. The minimum atomic E-state index is 0.268. The van der Waals surface area contributed by atoms with Crippen molar-refractivity contribution in [2.75, 3.05) is 0 Å². The van der Waals surface area contributed by atoms with Crippen LogP contribution in [-0.2, 0) is 0 Å². The van der Waals surface area contributed by atoms with Crippen LogP contribution in [0.25, 0.3) is 0 Å². The molecule has 92 valence electrons. The molecule has 1 N–H and O–H groups in total. The van der Waals surface area contributed by atoms with Gasteiger partial charge in [0.1, 0.15) is 0 Å². The molecule has 0 amide bonds. The van der Waals surface area contributed by atoms with Crippen molar-refractivity contribution in [2.24, 2.45) is 17.3 Å². The van der Waals surface area contributed by atoms with Crippen molar-refractivity contribution in [2.45, 2.75) is 65.5 Å². The second-order valence-corrected chi connectivity index (χ2v) is 7.61. The zero-order valence-electron chi connectivity index (χ0n) is 11.5. The zero-order chi connectivity index (χ0) is 12.0. The molecule has 0 spiro atoms. The molecule has 0 aromatic heterocycles. The van der Waals surface area contributed by atoms with E-state index in [2.05, 4.69) is 52.1 Å². The molecule has 2 aliphatic carbocycles. The molecule has 3 unspecified atom stereocenters. The van der Waals surface area contributed by atoms with Gasteiger partial charge in [-0.3, -0.25) is 0 Å². The maximum atomic E-state index is 3.87. The third-order valence-corrected chi connectivity index (χ3v) is 3.91. The molecule has 0 saturated heterocycles. The summed E-state index contributed by atoms with van der Waals surface area (Å²) in [5.41, 5.74) is 0.676. The van der Waals surface area contributed by atoms with Crippen molar-refractivity contribution in [3.63, 3.8) is 0 Å². The fourth-order valence-electron chi connectivity index (χ4n) is 3.76. The van der Waals surface area contributed by atoms with E-state index in [1.807, 2.05) is 0 Å². The first-order valence-electron chi connectivity index (χ1n) is 6.71. The van der Waals surface area contributed by atoms with Gasteiger partial charge in [0.25, 0.3) is 0 Å². The van der Waals surface area contributed by atoms with Crippen molar-refractivity contribution < 1.29 is 0 Å². The molecule has 0 aliphatic heterocycles. The standard InChI is InChI=1S/C15H27N/c1-14(2,3)10-15(4,5)16-13-9-11-7-6-8-12(11)13/h6,8,11-13,16H,7,9-10H2,1-5H3. The van der Waals surface area contributed by atoms with E-state index in [0.717, 1.165) is 17.9 Å². The lowest BCUT2D eigenvalue weighted by atomic mass is 9.70. The first-order chi connectivity index (χ1) is 7.27. The summed E-state index contributed by atoms with van der Waals surface area (Å²) < 4.78 is 0. The average molecular weight is 221 g/mol. The Labute approximate surface area is 101 Å². The van der Waals surface area contributed by atoms with Crippen molar-refractivity contribution >= 4 is 0 Å². The van der Waals surface area contributed by atoms with Crippen LogP contribution >= 0.6 is 0 Å². The summed E-state index contributed by atoms with van der Waals surface area (Å²) in [6.07, 6.45) is 8.73. The van der Waals surface area contributed by atoms with E-state index in [4.69, 9.17) is 0 Å². The lowest BCUT2D eigenvalue weighted by molar-refractivity contribution is 0.111. The smallest absolute Gasteiger partial charge is 0.0141 e. The third-order valence-electron chi connectivity index (χ3n) is 3.91. The second-order valence-electron chi connectivity index (χ2n) is 7.61. The van der Waals surface area contributed by atoms with Crippen LogP contribution in [-0.4, -0.2) is 11.6 Å². The van der Waals surface area contributed by atoms with Gasteiger partial charge in [-0.1, -0.05) is 32.9 Å². The number of nitrogens with one attached hydrogen (secondary N) is 1. The molecule has 2 aliphatic rings. The summed E-state index contributed by atoms with van der Waals surface area (Å²) in [6, 6.07) is 0.737. The third kappa shape index (κ3) is 2.68. The van der Waals surface area contributed by atoms with Crippen molar-refractivity contribution in [3.8, 4) is 0 Å². The largest absolute Gasteiger partial charge is 0.308 e. The number of rotatable bonds is 3. The average Bonchev–Trinajstić information content (AvgIpc) is 2.38. The Morgan fingerprint density at radius 2 is 1.88 bits per heavy atom. The van der Waals surface area contributed by atoms with E-state index in [0.29, 0.717) is 5.41 Å². The molecule has 1 fully saturated rings. The van der Waals surface area contributed by atoms with Gasteiger partial charge in [-0.25, -0.2) is 0 Å². The highest BCUT2D eigenvalue weighted by atomic mass is 15.0. The highest BCUT2D eigenvalue weighted by Crippen LogP contribution is 2.44. The summed E-state index contributed by atoms with van der Waals surface area (Å²) in [7, 11) is 0. The monoisotopic (exact) mass is 221 g/mol. The van der Waals surface area contributed by atoms with Gasteiger partial charge in [0, 0.05) is 11.6 Å². The SMILES string of the molecule is CC(C)(C)CC(C)(C)NC1CC2CC=CC21. The van der Waals surface area contributed by atoms with Crippen LogP contribution in [0.5, 0.6) is 0 Å². The van der Waals surface area contributed by atoms with Crippen LogP contribution in [0.4, 0.5) is 0 Å². The summed E-state index contributed by atoms with van der Waals surface area (Å²) in [4.78, 5) is 0. The molecule has 0 radical (unpaired) electrons. The Kier molecular flexibility index (Phi) is 2.94. The molecule has 1 heteroatoms. The second kappa shape index (κ2) is 3.87. The van der Waals surface area contributed by atoms with Crippen molar-refractivity contribution in [1.82, 2.24) is 5.32 Å². The van der Waals surface area contributed by atoms with Gasteiger partial charge < -0.3 is 5.32 Å². The Hall–Kier alpha value is -0.300. The first-order valence-corrected chi connectivity index (χ1v) is 6.71. The van der Waals surface area contributed by atoms with Crippen LogP contribution in [0, 0.1) is 17.3 Å². The molecular formula is C15H27N. The summed E-state index contributed by atoms with van der Waals surface area (Å²) in [5, 5.41) is 3.87. The number of allylic oxidation sites excluding steroid dienone is 1. The summed E-state index contributed by atoms with van der Waals surface area (Å²) in [5.74, 6) is 1.79. The normalized spacial score (nSPS) is 33.7. The molecule has 1 nitrogen and oxygen atoms in total. The van der Waals surface area contributed by atoms with Gasteiger partial charge >= 0.3 is 0 Å². The molecular weight excluding hydrogens is 194 g/mol. The predicted octanol–water partition coefficient (Wildman–Crippen LogP) is 3.76. The molecule has 16 heavy (non-hydrogen) atoms. The fourth-order valence-corrected chi connectivity index (χ4v) is 3.76. The predicted molar refractivity (Wildman–Crippen MR) is 70.4 cm³/mol. The van der Waals surface area contributed by atoms with Gasteiger partial charge in [0.2, 0.25) is 0 Å². The minimum Gasteiger partial charge on any atom is -0.308 e. The molecule has 2 rings (SSSR count). The van der Waals surface area contributed by atoms with E-state index in [1.165, 1.54) is 19.3 Å². The van der Waals surface area contributed by atoms with Crippen LogP contribution in [0.3, 0.4) is 0 Å². The van der Waals surface area contributed by atoms with E-state index in [1.54, 1.807) is 0 Å².